The van der Waals surface area contributed by atoms with E-state index in [4.69, 9.17) is 0 Å². The number of rotatable bonds is 8. The molecule has 0 aliphatic rings. The lowest BCUT2D eigenvalue weighted by Gasteiger charge is -2.20. The number of benzene rings is 2. The number of hydrogen-bond acceptors (Lipinski definition) is 3. The fourth-order valence-electron chi connectivity index (χ4n) is 3.56. The summed E-state index contributed by atoms with van der Waals surface area (Å²) in [5.74, 6) is 0.202. The summed E-state index contributed by atoms with van der Waals surface area (Å²) >= 11 is 1.75. The smallest absolute Gasteiger partial charge is 0.237 e. The number of carbonyl (C=O) groups is 1. The first kappa shape index (κ1) is 19.4. The molecular weight excluding hydrogens is 378 g/mol. The van der Waals surface area contributed by atoms with Crippen LogP contribution >= 0.6 is 11.3 Å². The predicted octanol–water partition coefficient (Wildman–Crippen LogP) is 4.66. The van der Waals surface area contributed by atoms with E-state index in [9.17, 15) is 4.79 Å². The van der Waals surface area contributed by atoms with Crippen LogP contribution in [0, 0.1) is 0 Å². The van der Waals surface area contributed by atoms with E-state index >= 15 is 0 Å². The number of aromatic nitrogens is 1. The highest BCUT2D eigenvalue weighted by Crippen LogP contribution is 2.32. The van der Waals surface area contributed by atoms with Gasteiger partial charge in [-0.3, -0.25) is 4.79 Å². The Morgan fingerprint density at radius 2 is 1.83 bits per heavy atom. The second-order valence-electron chi connectivity index (χ2n) is 7.19. The van der Waals surface area contributed by atoms with Gasteiger partial charge in [-0.05, 0) is 35.6 Å². The molecule has 1 amide bonds. The maximum Gasteiger partial charge on any atom is 0.237 e. The van der Waals surface area contributed by atoms with Crippen LogP contribution in [0.3, 0.4) is 0 Å². The molecule has 5 heteroatoms. The summed E-state index contributed by atoms with van der Waals surface area (Å²) in [6, 6.07) is 22.3. The van der Waals surface area contributed by atoms with Crippen molar-refractivity contribution in [3.05, 3.63) is 94.3 Å². The molecule has 0 radical (unpaired) electrons. The van der Waals surface area contributed by atoms with Crippen molar-refractivity contribution in [2.75, 3.05) is 6.54 Å². The zero-order valence-corrected chi connectivity index (χ0v) is 17.2. The molecule has 0 fully saturated rings. The van der Waals surface area contributed by atoms with Gasteiger partial charge in [0.1, 0.15) is 0 Å². The summed E-state index contributed by atoms with van der Waals surface area (Å²) in [4.78, 5) is 17.2. The topological polar surface area (TPSA) is 56.9 Å². The van der Waals surface area contributed by atoms with Crippen LogP contribution in [0.2, 0.25) is 0 Å². The number of nitrogens with one attached hydrogen (secondary N) is 3. The van der Waals surface area contributed by atoms with Crippen molar-refractivity contribution in [1.29, 1.82) is 0 Å². The third-order valence-corrected chi connectivity index (χ3v) is 6.20. The SMILES string of the molecule is CC(NCC(c1cccs1)c1c[nH]c2ccccc12)C(=O)NCc1ccccc1. The minimum absolute atomic E-state index is 0.0118. The normalized spacial score (nSPS) is 13.3. The van der Waals surface area contributed by atoms with Crippen LogP contribution in [-0.4, -0.2) is 23.5 Å². The zero-order chi connectivity index (χ0) is 20.1. The van der Waals surface area contributed by atoms with Gasteiger partial charge < -0.3 is 15.6 Å². The number of H-pyrrole nitrogens is 1. The van der Waals surface area contributed by atoms with Gasteiger partial charge in [-0.2, -0.15) is 0 Å². The quantitative estimate of drug-likeness (QED) is 0.401. The molecular formula is C24H25N3OS. The molecule has 2 atom stereocenters. The van der Waals surface area contributed by atoms with Crippen molar-refractivity contribution >= 4 is 28.1 Å². The van der Waals surface area contributed by atoms with Gasteiger partial charge in [0.15, 0.2) is 0 Å². The molecule has 0 saturated heterocycles. The summed E-state index contributed by atoms with van der Waals surface area (Å²) in [6.07, 6.45) is 2.09. The van der Waals surface area contributed by atoms with Crippen LogP contribution in [-0.2, 0) is 11.3 Å². The predicted molar refractivity (Wildman–Crippen MR) is 120 cm³/mol. The summed E-state index contributed by atoms with van der Waals surface area (Å²) < 4.78 is 0. The molecule has 0 bridgehead atoms. The number of para-hydroxylation sites is 1. The molecule has 0 saturated carbocycles. The average Bonchev–Trinajstić information content (AvgIpc) is 3.44. The summed E-state index contributed by atoms with van der Waals surface area (Å²) in [6.45, 7) is 3.16. The van der Waals surface area contributed by atoms with Crippen molar-refractivity contribution in [2.24, 2.45) is 0 Å². The van der Waals surface area contributed by atoms with Gasteiger partial charge in [0, 0.05) is 41.0 Å². The molecule has 4 rings (SSSR count). The summed E-state index contributed by atoms with van der Waals surface area (Å²) in [5, 5.41) is 9.79. The van der Waals surface area contributed by atoms with E-state index in [-0.39, 0.29) is 17.9 Å². The van der Waals surface area contributed by atoms with E-state index in [0.717, 1.165) is 11.1 Å². The fraction of sp³-hybridized carbons (Fsp3) is 0.208. The van der Waals surface area contributed by atoms with Crippen LogP contribution in [0.25, 0.3) is 10.9 Å². The highest BCUT2D eigenvalue weighted by molar-refractivity contribution is 7.10. The fourth-order valence-corrected chi connectivity index (χ4v) is 4.41. The lowest BCUT2D eigenvalue weighted by molar-refractivity contribution is -0.122. The van der Waals surface area contributed by atoms with E-state index in [0.29, 0.717) is 13.1 Å². The Balaban J connectivity index is 1.44. The van der Waals surface area contributed by atoms with Crippen molar-refractivity contribution in [2.45, 2.75) is 25.4 Å². The van der Waals surface area contributed by atoms with Crippen LogP contribution in [0.15, 0.2) is 78.3 Å². The highest BCUT2D eigenvalue weighted by atomic mass is 32.1. The molecule has 3 N–H and O–H groups in total. The number of amides is 1. The number of aromatic amines is 1. The zero-order valence-electron chi connectivity index (χ0n) is 16.4. The summed E-state index contributed by atoms with van der Waals surface area (Å²) in [5.41, 5.74) is 3.49. The third kappa shape index (κ3) is 4.58. The van der Waals surface area contributed by atoms with Crippen LogP contribution in [0.1, 0.15) is 28.8 Å². The van der Waals surface area contributed by atoms with Crippen molar-refractivity contribution in [3.8, 4) is 0 Å². The first-order valence-electron chi connectivity index (χ1n) is 9.87. The first-order chi connectivity index (χ1) is 14.2. The minimum atomic E-state index is -0.272. The third-order valence-electron chi connectivity index (χ3n) is 5.21. The van der Waals surface area contributed by atoms with E-state index in [1.807, 2.05) is 43.3 Å². The molecule has 0 aliphatic heterocycles. The molecule has 29 heavy (non-hydrogen) atoms. The van der Waals surface area contributed by atoms with Gasteiger partial charge in [-0.25, -0.2) is 0 Å². The second kappa shape index (κ2) is 9.07. The van der Waals surface area contributed by atoms with Gasteiger partial charge in [-0.1, -0.05) is 54.6 Å². The Hall–Kier alpha value is -2.89. The maximum atomic E-state index is 12.5. The van der Waals surface area contributed by atoms with Gasteiger partial charge >= 0.3 is 0 Å². The van der Waals surface area contributed by atoms with E-state index in [2.05, 4.69) is 57.5 Å². The van der Waals surface area contributed by atoms with E-state index in [1.54, 1.807) is 11.3 Å². The Labute approximate surface area is 175 Å². The first-order valence-corrected chi connectivity index (χ1v) is 10.7. The molecule has 4 aromatic rings. The number of thiophene rings is 1. The van der Waals surface area contributed by atoms with Gasteiger partial charge in [0.25, 0.3) is 0 Å². The highest BCUT2D eigenvalue weighted by Gasteiger charge is 2.21. The molecule has 4 nitrogen and oxygen atoms in total. The van der Waals surface area contributed by atoms with Crippen LogP contribution in [0.5, 0.6) is 0 Å². The van der Waals surface area contributed by atoms with E-state index in [1.165, 1.54) is 15.8 Å². The Morgan fingerprint density at radius 1 is 1.03 bits per heavy atom. The lowest BCUT2D eigenvalue weighted by Crippen LogP contribution is -2.43. The van der Waals surface area contributed by atoms with Crippen LogP contribution < -0.4 is 10.6 Å². The Bertz CT molecular complexity index is 1060. The van der Waals surface area contributed by atoms with Gasteiger partial charge in [0.05, 0.1) is 6.04 Å². The van der Waals surface area contributed by atoms with Gasteiger partial charge in [0.2, 0.25) is 5.91 Å². The monoisotopic (exact) mass is 403 g/mol. The van der Waals surface area contributed by atoms with Crippen molar-refractivity contribution in [1.82, 2.24) is 15.6 Å². The summed E-state index contributed by atoms with van der Waals surface area (Å²) in [7, 11) is 0. The average molecular weight is 404 g/mol. The molecule has 2 unspecified atom stereocenters. The second-order valence-corrected chi connectivity index (χ2v) is 8.17. The van der Waals surface area contributed by atoms with Gasteiger partial charge in [-0.15, -0.1) is 11.3 Å². The molecule has 148 valence electrons. The van der Waals surface area contributed by atoms with Crippen molar-refractivity contribution in [3.63, 3.8) is 0 Å². The molecule has 2 aromatic heterocycles. The molecule has 0 aliphatic carbocycles. The van der Waals surface area contributed by atoms with E-state index < -0.39 is 0 Å². The Kier molecular flexibility index (Phi) is 6.08. The number of carbonyl (C=O) groups excluding carboxylic acids is 1. The number of hydrogen-bond donors (Lipinski definition) is 3. The van der Waals surface area contributed by atoms with Crippen molar-refractivity contribution < 1.29 is 4.79 Å². The number of fused-ring (bicyclic) bond motifs is 1. The molecule has 2 aromatic carbocycles. The minimum Gasteiger partial charge on any atom is -0.361 e. The van der Waals surface area contributed by atoms with Crippen LogP contribution in [0.4, 0.5) is 0 Å². The largest absolute Gasteiger partial charge is 0.361 e. The maximum absolute atomic E-state index is 12.5. The lowest BCUT2D eigenvalue weighted by atomic mass is 9.96. The molecule has 0 spiro atoms. The standard InChI is InChI=1S/C24H25N3OS/c1-17(24(28)27-14-18-8-3-2-4-9-18)25-16-21(23-12-7-13-29-23)20-15-26-22-11-6-5-10-19(20)22/h2-13,15,17,21,25-26H,14,16H2,1H3,(H,27,28). The molecule has 2 heterocycles. The Morgan fingerprint density at radius 3 is 2.62 bits per heavy atom.